The molecule has 0 saturated carbocycles. The van der Waals surface area contributed by atoms with Crippen molar-refractivity contribution in [3.05, 3.63) is 89.1 Å². The highest BCUT2D eigenvalue weighted by atomic mass is 16.3. The van der Waals surface area contributed by atoms with E-state index in [0.29, 0.717) is 24.0 Å². The number of benzene rings is 2. The van der Waals surface area contributed by atoms with Crippen molar-refractivity contribution in [2.45, 2.75) is 52.2 Å². The van der Waals surface area contributed by atoms with Gasteiger partial charge in [-0.3, -0.25) is 9.69 Å². The lowest BCUT2D eigenvalue weighted by atomic mass is 10.0. The third-order valence-electron chi connectivity index (χ3n) is 5.82. The first-order valence-electron chi connectivity index (χ1n) is 11.2. The second kappa shape index (κ2) is 9.92. The van der Waals surface area contributed by atoms with E-state index in [1.807, 2.05) is 11.0 Å². The quantitative estimate of drug-likeness (QED) is 0.503. The lowest BCUT2D eigenvalue weighted by Gasteiger charge is -2.21. The Morgan fingerprint density at radius 1 is 0.968 bits per heavy atom. The van der Waals surface area contributed by atoms with Crippen LogP contribution < -0.4 is 0 Å². The molecule has 1 aliphatic heterocycles. The van der Waals surface area contributed by atoms with Crippen molar-refractivity contribution in [1.82, 2.24) is 14.8 Å². The molecule has 0 atom stereocenters. The highest BCUT2D eigenvalue weighted by Gasteiger charge is 2.23. The number of hydrogen-bond acceptors (Lipinski definition) is 4. The van der Waals surface area contributed by atoms with Crippen LogP contribution in [0.1, 0.15) is 65.7 Å². The van der Waals surface area contributed by atoms with Gasteiger partial charge in [0, 0.05) is 26.2 Å². The molecule has 1 aliphatic rings. The maximum absolute atomic E-state index is 12.6. The summed E-state index contributed by atoms with van der Waals surface area (Å²) in [6.07, 6.45) is 3.64. The number of carbonyl (C=O) groups is 1. The zero-order valence-corrected chi connectivity index (χ0v) is 18.5. The van der Waals surface area contributed by atoms with Crippen molar-refractivity contribution in [3.8, 4) is 0 Å². The average Bonchev–Trinajstić information content (AvgIpc) is 3.47. The van der Waals surface area contributed by atoms with Gasteiger partial charge in [0.15, 0.2) is 5.69 Å². The molecular formula is C26H31N3O2. The number of hydrogen-bond donors (Lipinski definition) is 0. The van der Waals surface area contributed by atoms with Gasteiger partial charge in [-0.1, -0.05) is 68.4 Å². The Balaban J connectivity index is 1.48. The Kier molecular flexibility index (Phi) is 6.82. The zero-order chi connectivity index (χ0) is 21.6. The summed E-state index contributed by atoms with van der Waals surface area (Å²) in [5.41, 5.74) is 4.25. The topological polar surface area (TPSA) is 49.6 Å². The van der Waals surface area contributed by atoms with Gasteiger partial charge in [-0.25, -0.2) is 4.98 Å². The molecular weight excluding hydrogens is 386 g/mol. The van der Waals surface area contributed by atoms with Crippen LogP contribution in [0.4, 0.5) is 0 Å². The van der Waals surface area contributed by atoms with Crippen LogP contribution in [-0.4, -0.2) is 33.8 Å². The molecule has 5 nitrogen and oxygen atoms in total. The Hall–Kier alpha value is -2.92. The molecule has 0 N–H and O–H groups in total. The summed E-state index contributed by atoms with van der Waals surface area (Å²) in [5, 5.41) is 0. The van der Waals surface area contributed by atoms with Crippen molar-refractivity contribution in [2.24, 2.45) is 0 Å². The molecule has 1 fully saturated rings. The Morgan fingerprint density at radius 2 is 1.61 bits per heavy atom. The van der Waals surface area contributed by atoms with E-state index in [1.54, 1.807) is 0 Å². The molecule has 2 heterocycles. The summed E-state index contributed by atoms with van der Waals surface area (Å²) < 4.78 is 5.70. The summed E-state index contributed by atoms with van der Waals surface area (Å²) in [6.45, 7) is 8.16. The monoisotopic (exact) mass is 417 g/mol. The number of oxazole rings is 1. The molecule has 5 heteroatoms. The Bertz CT molecular complexity index is 973. The predicted octanol–water partition coefficient (Wildman–Crippen LogP) is 5.24. The van der Waals surface area contributed by atoms with E-state index in [2.05, 4.69) is 72.3 Å². The van der Waals surface area contributed by atoms with Gasteiger partial charge in [0.25, 0.3) is 5.91 Å². The first-order chi connectivity index (χ1) is 15.1. The van der Waals surface area contributed by atoms with Crippen LogP contribution in [0.3, 0.4) is 0 Å². The van der Waals surface area contributed by atoms with Crippen LogP contribution in [0.2, 0.25) is 0 Å². The third kappa shape index (κ3) is 5.61. The molecule has 162 valence electrons. The molecule has 1 saturated heterocycles. The van der Waals surface area contributed by atoms with E-state index in [-0.39, 0.29) is 5.91 Å². The summed E-state index contributed by atoms with van der Waals surface area (Å²) in [4.78, 5) is 21.3. The fourth-order valence-electron chi connectivity index (χ4n) is 4.03. The normalized spacial score (nSPS) is 14.0. The van der Waals surface area contributed by atoms with Crippen LogP contribution in [0.15, 0.2) is 65.3 Å². The van der Waals surface area contributed by atoms with Crippen LogP contribution >= 0.6 is 0 Å². The van der Waals surface area contributed by atoms with Gasteiger partial charge in [0.05, 0.1) is 6.54 Å². The number of rotatable bonds is 8. The molecule has 0 unspecified atom stereocenters. The Labute approximate surface area is 184 Å². The summed E-state index contributed by atoms with van der Waals surface area (Å²) in [6, 6.07) is 19.2. The fraction of sp³-hybridized carbons (Fsp3) is 0.385. The fourth-order valence-corrected chi connectivity index (χ4v) is 4.03. The van der Waals surface area contributed by atoms with Crippen molar-refractivity contribution < 1.29 is 9.21 Å². The maximum atomic E-state index is 12.6. The molecule has 0 radical (unpaired) electrons. The van der Waals surface area contributed by atoms with Gasteiger partial charge in [-0.2, -0.15) is 0 Å². The van der Waals surface area contributed by atoms with Crippen molar-refractivity contribution in [2.75, 3.05) is 13.1 Å². The SMILES string of the molecule is CC(C)c1ccc(CN(Cc2ccccc2)Cc2nc(C(=O)N3CCCC3)co2)cc1. The minimum Gasteiger partial charge on any atom is -0.447 e. The van der Waals surface area contributed by atoms with Crippen LogP contribution in [0, 0.1) is 0 Å². The van der Waals surface area contributed by atoms with E-state index in [1.165, 1.54) is 23.0 Å². The zero-order valence-electron chi connectivity index (χ0n) is 18.5. The van der Waals surface area contributed by atoms with Crippen molar-refractivity contribution >= 4 is 5.91 Å². The molecule has 4 rings (SSSR count). The van der Waals surface area contributed by atoms with E-state index in [4.69, 9.17) is 4.42 Å². The molecule has 31 heavy (non-hydrogen) atoms. The van der Waals surface area contributed by atoms with E-state index >= 15 is 0 Å². The first-order valence-corrected chi connectivity index (χ1v) is 11.2. The number of nitrogens with zero attached hydrogens (tertiary/aromatic N) is 3. The molecule has 1 aromatic heterocycles. The van der Waals surface area contributed by atoms with E-state index < -0.39 is 0 Å². The molecule has 3 aromatic rings. The largest absolute Gasteiger partial charge is 0.447 e. The summed E-state index contributed by atoms with van der Waals surface area (Å²) in [7, 11) is 0. The highest BCUT2D eigenvalue weighted by molar-refractivity contribution is 5.92. The minimum atomic E-state index is -0.0219. The van der Waals surface area contributed by atoms with Gasteiger partial charge in [-0.15, -0.1) is 0 Å². The van der Waals surface area contributed by atoms with E-state index in [0.717, 1.165) is 39.0 Å². The number of likely N-dealkylation sites (tertiary alicyclic amines) is 1. The van der Waals surface area contributed by atoms with Crippen LogP contribution in [0.5, 0.6) is 0 Å². The van der Waals surface area contributed by atoms with Crippen LogP contribution in [0.25, 0.3) is 0 Å². The summed E-state index contributed by atoms with van der Waals surface area (Å²) >= 11 is 0. The lowest BCUT2D eigenvalue weighted by Crippen LogP contribution is -2.28. The maximum Gasteiger partial charge on any atom is 0.275 e. The molecule has 0 aliphatic carbocycles. The summed E-state index contributed by atoms with van der Waals surface area (Å²) in [5.74, 6) is 1.08. The van der Waals surface area contributed by atoms with Crippen molar-refractivity contribution in [1.29, 1.82) is 0 Å². The van der Waals surface area contributed by atoms with E-state index in [9.17, 15) is 4.79 Å². The van der Waals surface area contributed by atoms with Gasteiger partial charge in [0.1, 0.15) is 6.26 Å². The second-order valence-corrected chi connectivity index (χ2v) is 8.65. The molecule has 2 aromatic carbocycles. The minimum absolute atomic E-state index is 0.0219. The van der Waals surface area contributed by atoms with Gasteiger partial charge in [0.2, 0.25) is 5.89 Å². The van der Waals surface area contributed by atoms with Crippen molar-refractivity contribution in [3.63, 3.8) is 0 Å². The van der Waals surface area contributed by atoms with Gasteiger partial charge < -0.3 is 9.32 Å². The molecule has 1 amide bonds. The Morgan fingerprint density at radius 3 is 2.26 bits per heavy atom. The standard InChI is InChI=1S/C26H31N3O2/c1-20(2)23-12-10-22(11-13-23)17-28(16-21-8-4-3-5-9-21)18-25-27-24(19-31-25)26(30)29-14-6-7-15-29/h3-5,8-13,19-20H,6-7,14-18H2,1-2H3. The smallest absolute Gasteiger partial charge is 0.275 e. The predicted molar refractivity (Wildman–Crippen MR) is 122 cm³/mol. The third-order valence-corrected chi connectivity index (χ3v) is 5.82. The number of aromatic nitrogens is 1. The molecule has 0 spiro atoms. The highest BCUT2D eigenvalue weighted by Crippen LogP contribution is 2.19. The number of carbonyl (C=O) groups excluding carboxylic acids is 1. The van der Waals surface area contributed by atoms with Gasteiger partial charge >= 0.3 is 0 Å². The van der Waals surface area contributed by atoms with Gasteiger partial charge in [-0.05, 0) is 35.4 Å². The first kappa shape index (κ1) is 21.3. The average molecular weight is 418 g/mol. The van der Waals surface area contributed by atoms with Crippen LogP contribution in [-0.2, 0) is 19.6 Å². The molecule has 0 bridgehead atoms. The lowest BCUT2D eigenvalue weighted by molar-refractivity contribution is 0.0787. The number of amides is 1. The second-order valence-electron chi connectivity index (χ2n) is 8.65.